The van der Waals surface area contributed by atoms with Gasteiger partial charge in [-0.1, -0.05) is 24.3 Å². The number of hydrogen-bond donors (Lipinski definition) is 3. The van der Waals surface area contributed by atoms with Crippen molar-refractivity contribution in [2.24, 2.45) is 0 Å². The van der Waals surface area contributed by atoms with Crippen LogP contribution in [0.25, 0.3) is 0 Å². The van der Waals surface area contributed by atoms with Gasteiger partial charge in [0.2, 0.25) is 5.91 Å². The summed E-state index contributed by atoms with van der Waals surface area (Å²) in [5.74, 6) is -0.389. The number of quaternary nitrogens is 1. The third kappa shape index (κ3) is 5.19. The lowest BCUT2D eigenvalue weighted by atomic mass is 9.90. The Morgan fingerprint density at radius 3 is 2.40 bits per heavy atom. The van der Waals surface area contributed by atoms with Gasteiger partial charge in [-0.05, 0) is 61.1 Å². The molecule has 0 unspecified atom stereocenters. The van der Waals surface area contributed by atoms with Gasteiger partial charge in [0.05, 0.1) is 39.1 Å². The topological polar surface area (TPSA) is 65.9 Å². The fourth-order valence-electron chi connectivity index (χ4n) is 4.40. The van der Waals surface area contributed by atoms with Crippen LogP contribution in [0, 0.1) is 0 Å². The summed E-state index contributed by atoms with van der Waals surface area (Å²) in [5, 5.41) is 0. The van der Waals surface area contributed by atoms with E-state index >= 15 is 0 Å². The van der Waals surface area contributed by atoms with Gasteiger partial charge in [0.1, 0.15) is 0 Å². The van der Waals surface area contributed by atoms with Gasteiger partial charge < -0.3 is 9.80 Å². The van der Waals surface area contributed by atoms with Crippen LogP contribution >= 0.6 is 0 Å². The van der Waals surface area contributed by atoms with E-state index in [4.69, 9.17) is 0 Å². The second-order valence-electron chi connectivity index (χ2n) is 8.27. The summed E-state index contributed by atoms with van der Waals surface area (Å²) in [6.45, 7) is 4.81. The molecule has 2 aromatic rings. The first kappa shape index (κ1) is 20.4. The van der Waals surface area contributed by atoms with Crippen molar-refractivity contribution in [3.8, 4) is 0 Å². The van der Waals surface area contributed by atoms with Crippen molar-refractivity contribution in [3.05, 3.63) is 65.2 Å². The number of fused-ring (bicyclic) bond motifs is 1. The maximum absolute atomic E-state index is 12.4. The smallest absolute Gasteiger partial charge is 0.269 e. The van der Waals surface area contributed by atoms with Crippen molar-refractivity contribution in [2.45, 2.75) is 32.1 Å². The summed E-state index contributed by atoms with van der Waals surface area (Å²) in [6, 6.07) is 16.3. The molecule has 0 radical (unpaired) electrons. The number of aryl methyl sites for hydroxylation is 2. The van der Waals surface area contributed by atoms with Crippen LogP contribution < -0.4 is 20.7 Å². The molecule has 0 spiro atoms. The summed E-state index contributed by atoms with van der Waals surface area (Å²) >= 11 is 0. The van der Waals surface area contributed by atoms with Gasteiger partial charge in [0.25, 0.3) is 5.91 Å². The van der Waals surface area contributed by atoms with E-state index in [1.54, 1.807) is 0 Å². The Kier molecular flexibility index (Phi) is 6.64. The molecule has 3 N–H and O–H groups in total. The van der Waals surface area contributed by atoms with Crippen LogP contribution in [0.2, 0.25) is 0 Å². The summed E-state index contributed by atoms with van der Waals surface area (Å²) in [6.07, 6.45) is 4.93. The van der Waals surface area contributed by atoms with Crippen molar-refractivity contribution in [3.63, 3.8) is 0 Å². The van der Waals surface area contributed by atoms with Crippen molar-refractivity contribution in [2.75, 3.05) is 37.6 Å². The third-order valence-electron chi connectivity index (χ3n) is 6.22. The largest absolute Gasteiger partial charge is 0.360 e. The number of para-hydroxylation sites is 1. The molecule has 0 bridgehead atoms. The summed E-state index contributed by atoms with van der Waals surface area (Å²) < 4.78 is 0. The number of piperazine rings is 1. The molecule has 0 saturated carbocycles. The number of hydrogen-bond acceptors (Lipinski definition) is 3. The van der Waals surface area contributed by atoms with Gasteiger partial charge in [-0.2, -0.15) is 0 Å². The maximum Gasteiger partial charge on any atom is 0.269 e. The predicted octanol–water partition coefficient (Wildman–Crippen LogP) is 1.12. The van der Waals surface area contributed by atoms with Gasteiger partial charge in [0.15, 0.2) is 0 Å². The number of benzene rings is 2. The van der Waals surface area contributed by atoms with Crippen LogP contribution in [-0.4, -0.2) is 44.5 Å². The fraction of sp³-hybridized carbons (Fsp3) is 0.417. The molecule has 1 aliphatic heterocycles. The van der Waals surface area contributed by atoms with Gasteiger partial charge in [-0.25, -0.2) is 0 Å². The van der Waals surface area contributed by atoms with E-state index in [2.05, 4.69) is 40.0 Å². The molecule has 1 fully saturated rings. The van der Waals surface area contributed by atoms with Crippen molar-refractivity contribution in [1.82, 2.24) is 10.9 Å². The molecule has 2 aliphatic rings. The minimum Gasteiger partial charge on any atom is -0.360 e. The molecule has 1 saturated heterocycles. The molecule has 0 atom stereocenters. The molecule has 1 heterocycles. The standard InChI is InChI=1S/C24H30N4O2/c29-23(12-13-27-14-16-28(17-15-27)22-8-2-1-3-9-22)25-26-24(30)21-11-10-19-6-4-5-7-20(19)18-21/h1-3,8-11,18H,4-7,12-17H2,(H,25,29)(H,26,30)/p+1. The summed E-state index contributed by atoms with van der Waals surface area (Å²) in [4.78, 5) is 28.4. The van der Waals surface area contributed by atoms with Crippen LogP contribution in [0.1, 0.15) is 40.7 Å². The Morgan fingerprint density at radius 2 is 1.63 bits per heavy atom. The fourth-order valence-corrected chi connectivity index (χ4v) is 4.40. The first-order valence-corrected chi connectivity index (χ1v) is 11.0. The quantitative estimate of drug-likeness (QED) is 0.651. The van der Waals surface area contributed by atoms with Crippen LogP contribution in [0.15, 0.2) is 48.5 Å². The molecule has 1 aliphatic carbocycles. The molecule has 158 valence electrons. The number of anilines is 1. The molecule has 6 heteroatoms. The average Bonchev–Trinajstić information content (AvgIpc) is 2.81. The minimum absolute atomic E-state index is 0.140. The first-order chi connectivity index (χ1) is 14.7. The second kappa shape index (κ2) is 9.76. The average molecular weight is 408 g/mol. The number of carbonyl (C=O) groups excluding carboxylic acids is 2. The number of nitrogens with one attached hydrogen (secondary N) is 3. The molecule has 6 nitrogen and oxygen atoms in total. The molecule has 0 aromatic heterocycles. The molecule has 2 aromatic carbocycles. The number of hydrazine groups is 1. The zero-order chi connectivity index (χ0) is 20.8. The summed E-state index contributed by atoms with van der Waals surface area (Å²) in [7, 11) is 0. The van der Waals surface area contributed by atoms with Gasteiger partial charge in [-0.15, -0.1) is 0 Å². The number of amides is 2. The van der Waals surface area contributed by atoms with E-state index in [0.29, 0.717) is 12.0 Å². The highest BCUT2D eigenvalue weighted by molar-refractivity contribution is 5.95. The molecule has 2 amide bonds. The van der Waals surface area contributed by atoms with Crippen molar-refractivity contribution < 1.29 is 14.5 Å². The van der Waals surface area contributed by atoms with Crippen LogP contribution in [0.3, 0.4) is 0 Å². The molecule has 30 heavy (non-hydrogen) atoms. The Balaban J connectivity index is 1.17. The molecular weight excluding hydrogens is 376 g/mol. The number of nitrogens with zero attached hydrogens (tertiary/aromatic N) is 1. The highest BCUT2D eigenvalue weighted by atomic mass is 16.2. The maximum atomic E-state index is 12.4. The summed E-state index contributed by atoms with van der Waals surface area (Å²) in [5.41, 5.74) is 9.62. The normalized spacial score (nSPS) is 16.6. The Bertz CT molecular complexity index is 876. The number of carbonyl (C=O) groups is 2. The van der Waals surface area contributed by atoms with Crippen LogP contribution in [0.4, 0.5) is 5.69 Å². The van der Waals surface area contributed by atoms with Crippen LogP contribution in [-0.2, 0) is 17.6 Å². The second-order valence-corrected chi connectivity index (χ2v) is 8.27. The number of rotatable bonds is 5. The van der Waals surface area contributed by atoms with E-state index < -0.39 is 0 Å². The zero-order valence-corrected chi connectivity index (χ0v) is 17.5. The molecular formula is C24H31N4O2+. The van der Waals surface area contributed by atoms with E-state index in [1.165, 1.54) is 34.6 Å². The zero-order valence-electron chi connectivity index (χ0n) is 17.5. The van der Waals surface area contributed by atoms with Crippen LogP contribution in [0.5, 0.6) is 0 Å². The lowest BCUT2D eigenvalue weighted by Crippen LogP contribution is -3.15. The van der Waals surface area contributed by atoms with Gasteiger partial charge in [-0.3, -0.25) is 20.4 Å². The SMILES string of the molecule is O=C(CC[NH+]1CCN(c2ccccc2)CC1)NNC(=O)c1ccc2c(c1)CCCC2. The van der Waals surface area contributed by atoms with Gasteiger partial charge in [0, 0.05) is 11.3 Å². The van der Waals surface area contributed by atoms with E-state index in [0.717, 1.165) is 45.6 Å². The third-order valence-corrected chi connectivity index (χ3v) is 6.22. The highest BCUT2D eigenvalue weighted by Crippen LogP contribution is 2.22. The monoisotopic (exact) mass is 407 g/mol. The minimum atomic E-state index is -0.249. The highest BCUT2D eigenvalue weighted by Gasteiger charge is 2.21. The van der Waals surface area contributed by atoms with Gasteiger partial charge >= 0.3 is 0 Å². The first-order valence-electron chi connectivity index (χ1n) is 11.0. The van der Waals surface area contributed by atoms with Crippen molar-refractivity contribution >= 4 is 17.5 Å². The van der Waals surface area contributed by atoms with E-state index in [9.17, 15) is 9.59 Å². The Hall–Kier alpha value is -2.86. The Labute approximate surface area is 178 Å². The lowest BCUT2D eigenvalue weighted by Gasteiger charge is -2.33. The Morgan fingerprint density at radius 1 is 0.900 bits per heavy atom. The van der Waals surface area contributed by atoms with E-state index in [1.807, 2.05) is 24.3 Å². The predicted molar refractivity (Wildman–Crippen MR) is 118 cm³/mol. The van der Waals surface area contributed by atoms with E-state index in [-0.39, 0.29) is 11.8 Å². The lowest BCUT2D eigenvalue weighted by molar-refractivity contribution is -0.900. The molecule has 4 rings (SSSR count). The van der Waals surface area contributed by atoms with Crippen molar-refractivity contribution in [1.29, 1.82) is 0 Å².